The maximum atomic E-state index is 7.88. The second-order valence-electron chi connectivity index (χ2n) is 5.96. The molecule has 1 saturated heterocycles. The molecule has 3 N–H and O–H groups in total. The minimum atomic E-state index is 0.170. The highest BCUT2D eigenvalue weighted by molar-refractivity contribution is 7.98. The van der Waals surface area contributed by atoms with Crippen LogP contribution in [0.1, 0.15) is 32.3 Å². The number of rotatable bonds is 3. The van der Waals surface area contributed by atoms with Crippen molar-refractivity contribution in [2.24, 2.45) is 11.1 Å². The van der Waals surface area contributed by atoms with Crippen LogP contribution in [-0.4, -0.2) is 25.2 Å². The molecule has 1 heterocycles. The lowest BCUT2D eigenvalue weighted by molar-refractivity contribution is 0.293. The zero-order chi connectivity index (χ0) is 14.0. The molecule has 1 fully saturated rings. The van der Waals surface area contributed by atoms with Gasteiger partial charge >= 0.3 is 0 Å². The Morgan fingerprint density at radius 1 is 1.42 bits per heavy atom. The molecule has 1 aliphatic heterocycles. The lowest BCUT2D eigenvalue weighted by Gasteiger charge is -2.40. The standard InChI is InChI=1S/C15H23N3S/c1-15(2)8-5-9-18(10-15)11-6-4-7-12(19-3)13(11)14(16)17/h4,6-7H,5,8-10H2,1-3H3,(H3,16,17). The van der Waals surface area contributed by atoms with Crippen LogP contribution >= 0.6 is 11.8 Å². The van der Waals surface area contributed by atoms with Crippen LogP contribution in [0.25, 0.3) is 0 Å². The normalized spacial score (nSPS) is 18.4. The van der Waals surface area contributed by atoms with E-state index in [1.54, 1.807) is 11.8 Å². The van der Waals surface area contributed by atoms with Crippen LogP contribution < -0.4 is 10.6 Å². The van der Waals surface area contributed by atoms with Crippen molar-refractivity contribution in [1.82, 2.24) is 0 Å². The molecular weight excluding hydrogens is 254 g/mol. The van der Waals surface area contributed by atoms with Crippen LogP contribution in [0.2, 0.25) is 0 Å². The highest BCUT2D eigenvalue weighted by atomic mass is 32.2. The summed E-state index contributed by atoms with van der Waals surface area (Å²) in [7, 11) is 0. The molecule has 0 unspecified atom stereocenters. The van der Waals surface area contributed by atoms with Gasteiger partial charge in [0.05, 0.1) is 5.56 Å². The van der Waals surface area contributed by atoms with Crippen molar-refractivity contribution in [2.45, 2.75) is 31.6 Å². The molecule has 1 aromatic carbocycles. The molecule has 1 aromatic rings. The third-order valence-electron chi connectivity index (χ3n) is 3.73. The number of hydrogen-bond acceptors (Lipinski definition) is 3. The van der Waals surface area contributed by atoms with E-state index in [9.17, 15) is 0 Å². The molecule has 0 radical (unpaired) electrons. The smallest absolute Gasteiger partial charge is 0.126 e. The summed E-state index contributed by atoms with van der Waals surface area (Å²) in [6.45, 7) is 6.71. The fourth-order valence-corrected chi connectivity index (χ4v) is 3.49. The second kappa shape index (κ2) is 5.45. The molecule has 4 heteroatoms. The Morgan fingerprint density at radius 2 is 2.16 bits per heavy atom. The van der Waals surface area contributed by atoms with Crippen molar-refractivity contribution < 1.29 is 0 Å². The zero-order valence-corrected chi connectivity index (χ0v) is 12.8. The summed E-state index contributed by atoms with van der Waals surface area (Å²) in [4.78, 5) is 3.48. The molecule has 0 amide bonds. The summed E-state index contributed by atoms with van der Waals surface area (Å²) in [6.07, 6.45) is 4.50. The first kappa shape index (κ1) is 14.3. The number of amidine groups is 1. The number of hydrogen-bond donors (Lipinski definition) is 2. The molecular formula is C15H23N3S. The van der Waals surface area contributed by atoms with Gasteiger partial charge in [-0.05, 0) is 36.6 Å². The van der Waals surface area contributed by atoms with Gasteiger partial charge in [-0.2, -0.15) is 0 Å². The lowest BCUT2D eigenvalue weighted by Crippen LogP contribution is -2.41. The van der Waals surface area contributed by atoms with Gasteiger partial charge in [-0.25, -0.2) is 0 Å². The topological polar surface area (TPSA) is 53.1 Å². The molecule has 0 atom stereocenters. The van der Waals surface area contributed by atoms with Gasteiger partial charge in [0, 0.05) is 23.7 Å². The summed E-state index contributed by atoms with van der Waals surface area (Å²) in [6, 6.07) is 6.20. The van der Waals surface area contributed by atoms with E-state index in [2.05, 4.69) is 30.9 Å². The zero-order valence-electron chi connectivity index (χ0n) is 12.0. The molecule has 3 nitrogen and oxygen atoms in total. The summed E-state index contributed by atoms with van der Waals surface area (Å²) in [5, 5.41) is 7.88. The Bertz CT molecular complexity index is 482. The Labute approximate surface area is 120 Å². The molecule has 0 aliphatic carbocycles. The van der Waals surface area contributed by atoms with E-state index in [0.29, 0.717) is 5.41 Å². The Kier molecular flexibility index (Phi) is 4.09. The number of piperidine rings is 1. The van der Waals surface area contributed by atoms with Crippen LogP contribution in [-0.2, 0) is 0 Å². The number of nitrogens with one attached hydrogen (secondary N) is 1. The quantitative estimate of drug-likeness (QED) is 0.506. The minimum Gasteiger partial charge on any atom is -0.384 e. The van der Waals surface area contributed by atoms with Crippen LogP contribution in [0.15, 0.2) is 23.1 Å². The van der Waals surface area contributed by atoms with E-state index >= 15 is 0 Å². The van der Waals surface area contributed by atoms with E-state index in [4.69, 9.17) is 11.1 Å². The molecule has 104 valence electrons. The SMILES string of the molecule is CSc1cccc(N2CCCC(C)(C)C2)c1C(=N)N. The van der Waals surface area contributed by atoms with E-state index in [1.807, 2.05) is 12.3 Å². The van der Waals surface area contributed by atoms with Gasteiger partial charge in [0.15, 0.2) is 0 Å². The number of nitrogen functional groups attached to an aromatic ring is 1. The first-order valence-electron chi connectivity index (χ1n) is 6.71. The maximum Gasteiger partial charge on any atom is 0.126 e. The van der Waals surface area contributed by atoms with Gasteiger partial charge in [-0.3, -0.25) is 5.41 Å². The van der Waals surface area contributed by atoms with Crippen molar-refractivity contribution in [3.63, 3.8) is 0 Å². The van der Waals surface area contributed by atoms with Gasteiger partial charge in [-0.1, -0.05) is 19.9 Å². The highest BCUT2D eigenvalue weighted by Crippen LogP contribution is 2.35. The molecule has 0 saturated carbocycles. The summed E-state index contributed by atoms with van der Waals surface area (Å²) >= 11 is 1.65. The van der Waals surface area contributed by atoms with Crippen LogP contribution in [0.5, 0.6) is 0 Å². The predicted octanol–water partition coefficient (Wildman–Crippen LogP) is 3.32. The molecule has 1 aliphatic rings. The second-order valence-corrected chi connectivity index (χ2v) is 6.81. The van der Waals surface area contributed by atoms with Crippen molar-refractivity contribution in [3.05, 3.63) is 23.8 Å². The van der Waals surface area contributed by atoms with E-state index in [1.165, 1.54) is 12.8 Å². The van der Waals surface area contributed by atoms with E-state index < -0.39 is 0 Å². The summed E-state index contributed by atoms with van der Waals surface area (Å²) < 4.78 is 0. The van der Waals surface area contributed by atoms with Crippen molar-refractivity contribution in [1.29, 1.82) is 5.41 Å². The predicted molar refractivity (Wildman–Crippen MR) is 84.5 cm³/mol. The van der Waals surface area contributed by atoms with Gasteiger partial charge < -0.3 is 10.6 Å². The number of nitrogens with two attached hydrogens (primary N) is 1. The number of anilines is 1. The van der Waals surface area contributed by atoms with Crippen molar-refractivity contribution in [2.75, 3.05) is 24.2 Å². The fourth-order valence-electron chi connectivity index (χ4n) is 2.85. The van der Waals surface area contributed by atoms with Crippen molar-refractivity contribution in [3.8, 4) is 0 Å². The maximum absolute atomic E-state index is 7.88. The third-order valence-corrected chi connectivity index (χ3v) is 4.51. The van der Waals surface area contributed by atoms with Crippen molar-refractivity contribution >= 4 is 23.3 Å². The molecule has 0 bridgehead atoms. The van der Waals surface area contributed by atoms with E-state index in [0.717, 1.165) is 29.2 Å². The molecule has 19 heavy (non-hydrogen) atoms. The molecule has 0 aromatic heterocycles. The Balaban J connectivity index is 2.41. The van der Waals surface area contributed by atoms with Gasteiger partial charge in [-0.15, -0.1) is 11.8 Å². The highest BCUT2D eigenvalue weighted by Gasteiger charge is 2.28. The molecule has 0 spiro atoms. The average Bonchev–Trinajstić information content (AvgIpc) is 2.36. The summed E-state index contributed by atoms with van der Waals surface area (Å²) in [5.41, 5.74) is 8.16. The number of benzene rings is 1. The third kappa shape index (κ3) is 3.06. The van der Waals surface area contributed by atoms with Gasteiger partial charge in [0.1, 0.15) is 5.84 Å². The first-order chi connectivity index (χ1) is 8.94. The average molecular weight is 277 g/mol. The largest absolute Gasteiger partial charge is 0.384 e. The lowest BCUT2D eigenvalue weighted by atomic mass is 9.84. The molecule has 2 rings (SSSR count). The number of thioether (sulfide) groups is 1. The Hall–Kier alpha value is -1.16. The monoisotopic (exact) mass is 277 g/mol. The van der Waals surface area contributed by atoms with Gasteiger partial charge in [0.25, 0.3) is 0 Å². The van der Waals surface area contributed by atoms with Crippen LogP contribution in [0.4, 0.5) is 5.69 Å². The fraction of sp³-hybridized carbons (Fsp3) is 0.533. The van der Waals surface area contributed by atoms with E-state index in [-0.39, 0.29) is 5.84 Å². The van der Waals surface area contributed by atoms with Crippen LogP contribution in [0, 0.1) is 10.8 Å². The first-order valence-corrected chi connectivity index (χ1v) is 7.93. The minimum absolute atomic E-state index is 0.170. The Morgan fingerprint density at radius 3 is 2.74 bits per heavy atom. The number of nitrogens with zero attached hydrogens (tertiary/aromatic N) is 1. The summed E-state index contributed by atoms with van der Waals surface area (Å²) in [5.74, 6) is 0.170. The van der Waals surface area contributed by atoms with Gasteiger partial charge in [0.2, 0.25) is 0 Å². The van der Waals surface area contributed by atoms with Crippen LogP contribution in [0.3, 0.4) is 0 Å².